The van der Waals surface area contributed by atoms with Crippen molar-refractivity contribution in [1.29, 1.82) is 0 Å². The fourth-order valence-corrected chi connectivity index (χ4v) is 5.34. The molecule has 0 nitrogen and oxygen atoms in total. The lowest BCUT2D eigenvalue weighted by Crippen LogP contribution is -2.01. The van der Waals surface area contributed by atoms with Crippen molar-refractivity contribution in [3.63, 3.8) is 0 Å². The third-order valence-electron chi connectivity index (χ3n) is 7.44. The van der Waals surface area contributed by atoms with Gasteiger partial charge < -0.3 is 0 Å². The van der Waals surface area contributed by atoms with Gasteiger partial charge in [0.1, 0.15) is 0 Å². The smallest absolute Gasteiger partial charge is 0.0414 e. The summed E-state index contributed by atoms with van der Waals surface area (Å²) in [6.07, 6.45) is 40.5. The molecule has 1 fully saturated rings. The van der Waals surface area contributed by atoms with E-state index < -0.39 is 0 Å². The van der Waals surface area contributed by atoms with E-state index in [2.05, 4.69) is 6.92 Å². The molecule has 0 aromatic heterocycles. The van der Waals surface area contributed by atoms with Crippen molar-refractivity contribution in [2.45, 2.75) is 180 Å². The van der Waals surface area contributed by atoms with Gasteiger partial charge in [-0.1, -0.05) is 180 Å². The molecule has 1 rings (SSSR count). The molecular formula is C29H58. The second-order valence-electron chi connectivity index (χ2n) is 10.4. The topological polar surface area (TPSA) is 0 Å². The lowest BCUT2D eigenvalue weighted by molar-refractivity contribution is 0.365. The number of hydrogen-bond acceptors (Lipinski definition) is 0. The van der Waals surface area contributed by atoms with Gasteiger partial charge in [-0.2, -0.15) is 0 Å². The predicted molar refractivity (Wildman–Crippen MR) is 134 cm³/mol. The summed E-state index contributed by atoms with van der Waals surface area (Å²) in [7, 11) is 0. The van der Waals surface area contributed by atoms with Crippen LogP contribution in [0.15, 0.2) is 0 Å². The Morgan fingerprint density at radius 1 is 0.379 bits per heavy atom. The third-order valence-corrected chi connectivity index (χ3v) is 7.44. The minimum atomic E-state index is 1.05. The highest BCUT2D eigenvalue weighted by atomic mass is 14.1. The molecule has 0 amide bonds. The molecule has 174 valence electrons. The Balaban J connectivity index is 2.22. The van der Waals surface area contributed by atoms with Crippen molar-refractivity contribution in [1.82, 2.24) is 0 Å². The summed E-state index contributed by atoms with van der Waals surface area (Å²) in [4.78, 5) is 0. The van der Waals surface area contributed by atoms with Gasteiger partial charge in [0.25, 0.3) is 0 Å². The van der Waals surface area contributed by atoms with Crippen LogP contribution in [0.2, 0.25) is 0 Å². The van der Waals surface area contributed by atoms with Crippen molar-refractivity contribution in [3.05, 3.63) is 0 Å². The second kappa shape index (κ2) is 22.7. The Kier molecular flexibility index (Phi) is 21.1. The van der Waals surface area contributed by atoms with Crippen molar-refractivity contribution < 1.29 is 0 Å². The van der Waals surface area contributed by atoms with Crippen LogP contribution in [-0.2, 0) is 0 Å². The Morgan fingerprint density at radius 2 is 0.690 bits per heavy atom. The number of unbranched alkanes of at least 4 members (excludes halogenated alkanes) is 4. The lowest BCUT2D eigenvalue weighted by atomic mass is 9.89. The van der Waals surface area contributed by atoms with Crippen LogP contribution in [0.3, 0.4) is 0 Å². The van der Waals surface area contributed by atoms with Gasteiger partial charge in [0.15, 0.2) is 0 Å². The summed E-state index contributed by atoms with van der Waals surface area (Å²) in [5.41, 5.74) is 0. The summed E-state index contributed by atoms with van der Waals surface area (Å²) in [6, 6.07) is 0. The molecule has 0 N–H and O–H groups in total. The number of rotatable bonds is 6. The SMILES string of the molecule is CCCCCCCC1CCCCCCCCCCCCCCCCCCCCC1. The quantitative estimate of drug-likeness (QED) is 0.385. The Morgan fingerprint density at radius 3 is 1.03 bits per heavy atom. The van der Waals surface area contributed by atoms with Crippen molar-refractivity contribution in [2.24, 2.45) is 5.92 Å². The zero-order valence-corrected chi connectivity index (χ0v) is 20.7. The van der Waals surface area contributed by atoms with Gasteiger partial charge in [0, 0.05) is 0 Å². The molecule has 0 heterocycles. The van der Waals surface area contributed by atoms with Gasteiger partial charge in [0.2, 0.25) is 0 Å². The summed E-state index contributed by atoms with van der Waals surface area (Å²) >= 11 is 0. The first kappa shape index (κ1) is 27.0. The number of hydrogen-bond donors (Lipinski definition) is 0. The fourth-order valence-electron chi connectivity index (χ4n) is 5.34. The molecule has 1 aliphatic carbocycles. The minimum absolute atomic E-state index is 1.05. The van der Waals surface area contributed by atoms with E-state index in [1.165, 1.54) is 173 Å². The van der Waals surface area contributed by atoms with Crippen LogP contribution in [0.5, 0.6) is 0 Å². The molecule has 0 bridgehead atoms. The fraction of sp³-hybridized carbons (Fsp3) is 1.00. The molecule has 0 aliphatic heterocycles. The molecule has 0 heteroatoms. The first-order valence-electron chi connectivity index (χ1n) is 14.4. The molecule has 0 spiro atoms. The van der Waals surface area contributed by atoms with Crippen LogP contribution in [-0.4, -0.2) is 0 Å². The molecule has 1 saturated carbocycles. The normalized spacial score (nSPS) is 21.8. The molecule has 0 saturated heterocycles. The maximum atomic E-state index is 2.33. The third kappa shape index (κ3) is 19.7. The minimum Gasteiger partial charge on any atom is -0.0654 e. The molecule has 0 aromatic carbocycles. The maximum absolute atomic E-state index is 2.33. The van der Waals surface area contributed by atoms with Crippen molar-refractivity contribution >= 4 is 0 Å². The van der Waals surface area contributed by atoms with Gasteiger partial charge >= 0.3 is 0 Å². The Labute approximate surface area is 186 Å². The lowest BCUT2D eigenvalue weighted by Gasteiger charge is -2.17. The monoisotopic (exact) mass is 406 g/mol. The molecule has 0 unspecified atom stereocenters. The van der Waals surface area contributed by atoms with E-state index in [1.807, 2.05) is 0 Å². The van der Waals surface area contributed by atoms with Gasteiger partial charge in [-0.15, -0.1) is 0 Å². The predicted octanol–water partition coefficient (Wildman–Crippen LogP) is 11.2. The highest BCUT2D eigenvalue weighted by Crippen LogP contribution is 2.25. The van der Waals surface area contributed by atoms with Crippen molar-refractivity contribution in [2.75, 3.05) is 0 Å². The van der Waals surface area contributed by atoms with E-state index >= 15 is 0 Å². The zero-order valence-electron chi connectivity index (χ0n) is 20.7. The van der Waals surface area contributed by atoms with E-state index in [9.17, 15) is 0 Å². The van der Waals surface area contributed by atoms with Gasteiger partial charge in [-0.3, -0.25) is 0 Å². The molecule has 0 aromatic rings. The van der Waals surface area contributed by atoms with Gasteiger partial charge in [-0.05, 0) is 5.92 Å². The standard InChI is InChI=1S/C29H58/c1-2-3-4-20-23-26-29-27-24-21-18-16-14-12-10-8-6-5-7-9-11-13-15-17-19-22-25-28-29/h29H,2-28H2,1H3. The highest BCUT2D eigenvalue weighted by molar-refractivity contribution is 4.62. The van der Waals surface area contributed by atoms with Crippen LogP contribution in [0.1, 0.15) is 180 Å². The highest BCUT2D eigenvalue weighted by Gasteiger charge is 2.09. The van der Waals surface area contributed by atoms with E-state index in [1.54, 1.807) is 0 Å². The van der Waals surface area contributed by atoms with Crippen LogP contribution < -0.4 is 0 Å². The summed E-state index contributed by atoms with van der Waals surface area (Å²) in [6.45, 7) is 2.33. The van der Waals surface area contributed by atoms with E-state index in [0.717, 1.165) is 5.92 Å². The van der Waals surface area contributed by atoms with Crippen LogP contribution in [0, 0.1) is 5.92 Å². The van der Waals surface area contributed by atoms with Crippen molar-refractivity contribution in [3.8, 4) is 0 Å². The van der Waals surface area contributed by atoms with Crippen LogP contribution in [0.4, 0.5) is 0 Å². The molecule has 29 heavy (non-hydrogen) atoms. The van der Waals surface area contributed by atoms with Gasteiger partial charge in [-0.25, -0.2) is 0 Å². The molecule has 1 aliphatic rings. The van der Waals surface area contributed by atoms with E-state index in [0.29, 0.717) is 0 Å². The molecule has 0 atom stereocenters. The molecule has 0 radical (unpaired) electrons. The maximum Gasteiger partial charge on any atom is -0.0414 e. The first-order valence-corrected chi connectivity index (χ1v) is 14.4. The van der Waals surface area contributed by atoms with Crippen LogP contribution >= 0.6 is 0 Å². The summed E-state index contributed by atoms with van der Waals surface area (Å²) < 4.78 is 0. The summed E-state index contributed by atoms with van der Waals surface area (Å²) in [5, 5.41) is 0. The summed E-state index contributed by atoms with van der Waals surface area (Å²) in [5.74, 6) is 1.05. The largest absolute Gasteiger partial charge is 0.0654 e. The average Bonchev–Trinajstić information content (AvgIpc) is 2.73. The van der Waals surface area contributed by atoms with Crippen LogP contribution in [0.25, 0.3) is 0 Å². The van der Waals surface area contributed by atoms with Gasteiger partial charge in [0.05, 0.1) is 0 Å². The Hall–Kier alpha value is 0. The zero-order chi connectivity index (χ0) is 20.7. The molecular weight excluding hydrogens is 348 g/mol. The average molecular weight is 407 g/mol. The first-order chi connectivity index (χ1) is 14.4. The second-order valence-corrected chi connectivity index (χ2v) is 10.4. The Bertz CT molecular complexity index is 272. The van der Waals surface area contributed by atoms with E-state index in [-0.39, 0.29) is 0 Å². The van der Waals surface area contributed by atoms with E-state index in [4.69, 9.17) is 0 Å².